The Hall–Kier alpha value is -4.62. The zero-order valence-corrected chi connectivity index (χ0v) is 15.2. The van der Waals surface area contributed by atoms with Crippen LogP contribution in [0.5, 0.6) is 0 Å². The first-order valence-electron chi connectivity index (χ1n) is 8.78. The largest absolute Gasteiger partial charge is 0.382 e. The molecule has 0 radical (unpaired) electrons. The van der Waals surface area contributed by atoms with Crippen molar-refractivity contribution >= 4 is 17.5 Å². The molecule has 29 heavy (non-hydrogen) atoms. The highest BCUT2D eigenvalue weighted by Gasteiger charge is 2.20. The van der Waals surface area contributed by atoms with E-state index in [0.717, 1.165) is 11.3 Å². The van der Waals surface area contributed by atoms with Crippen LogP contribution in [0.2, 0.25) is 0 Å². The van der Waals surface area contributed by atoms with Crippen LogP contribution in [0.1, 0.15) is 16.8 Å². The lowest BCUT2D eigenvalue weighted by Gasteiger charge is -2.02. The minimum atomic E-state index is 0.159. The summed E-state index contributed by atoms with van der Waals surface area (Å²) in [6, 6.07) is 23.1. The van der Waals surface area contributed by atoms with Crippen molar-refractivity contribution in [2.75, 3.05) is 5.73 Å². The maximum atomic E-state index is 9.78. The van der Waals surface area contributed by atoms with Gasteiger partial charge in [0.1, 0.15) is 29.2 Å². The van der Waals surface area contributed by atoms with Gasteiger partial charge in [-0.3, -0.25) is 5.10 Å². The van der Waals surface area contributed by atoms with E-state index in [1.165, 1.54) is 4.68 Å². The molecular weight excluding hydrogens is 362 g/mol. The first-order chi connectivity index (χ1) is 14.2. The first-order valence-corrected chi connectivity index (χ1v) is 8.78. The predicted molar refractivity (Wildman–Crippen MR) is 110 cm³/mol. The highest BCUT2D eigenvalue weighted by Crippen LogP contribution is 2.29. The van der Waals surface area contributed by atoms with Crippen LogP contribution < -0.4 is 5.73 Å². The van der Waals surface area contributed by atoms with Crippen molar-refractivity contribution in [1.29, 1.82) is 10.5 Å². The van der Waals surface area contributed by atoms with Gasteiger partial charge in [-0.2, -0.15) is 20.7 Å². The molecule has 0 spiro atoms. The third-order valence-electron chi connectivity index (χ3n) is 4.44. The van der Waals surface area contributed by atoms with Crippen LogP contribution >= 0.6 is 0 Å². The molecule has 0 aliphatic rings. The molecule has 4 rings (SSSR count). The highest BCUT2D eigenvalue weighted by molar-refractivity contribution is 5.93. The zero-order chi connectivity index (χ0) is 20.2. The first kappa shape index (κ1) is 17.8. The molecule has 0 saturated carbocycles. The lowest BCUT2D eigenvalue weighted by Crippen LogP contribution is -2.02. The lowest BCUT2D eigenvalue weighted by atomic mass is 10.0. The Morgan fingerprint density at radius 3 is 2.38 bits per heavy atom. The van der Waals surface area contributed by atoms with Gasteiger partial charge in [0.2, 0.25) is 0 Å². The summed E-state index contributed by atoms with van der Waals surface area (Å²) in [5.74, 6) is 0.185. The second kappa shape index (κ2) is 7.55. The number of hydrogen-bond donors (Lipinski definition) is 2. The second-order valence-electron chi connectivity index (χ2n) is 6.20. The fourth-order valence-electron chi connectivity index (χ4n) is 3.05. The van der Waals surface area contributed by atoms with Gasteiger partial charge in [-0.05, 0) is 18.2 Å². The molecular formula is C22H15N7. The van der Waals surface area contributed by atoms with Crippen LogP contribution in [0.15, 0.2) is 66.9 Å². The zero-order valence-electron chi connectivity index (χ0n) is 15.2. The van der Waals surface area contributed by atoms with Crippen LogP contribution in [0.25, 0.3) is 28.6 Å². The lowest BCUT2D eigenvalue weighted by molar-refractivity contribution is 0.885. The van der Waals surface area contributed by atoms with Crippen molar-refractivity contribution in [3.63, 3.8) is 0 Å². The predicted octanol–water partition coefficient (Wildman–Crippen LogP) is 3.78. The van der Waals surface area contributed by atoms with Crippen molar-refractivity contribution in [3.05, 3.63) is 83.7 Å². The van der Waals surface area contributed by atoms with Crippen molar-refractivity contribution in [2.24, 2.45) is 0 Å². The molecule has 0 bridgehead atoms. The molecule has 0 fully saturated rings. The van der Waals surface area contributed by atoms with Crippen LogP contribution in [-0.4, -0.2) is 20.0 Å². The number of H-pyrrole nitrogens is 1. The summed E-state index contributed by atoms with van der Waals surface area (Å²) in [7, 11) is 0. The molecule has 0 aliphatic carbocycles. The second-order valence-corrected chi connectivity index (χ2v) is 6.20. The molecule has 0 saturated heterocycles. The average Bonchev–Trinajstić information content (AvgIpc) is 3.37. The van der Waals surface area contributed by atoms with E-state index in [2.05, 4.69) is 27.4 Å². The normalized spacial score (nSPS) is 11.0. The minimum absolute atomic E-state index is 0.159. The van der Waals surface area contributed by atoms with Crippen LogP contribution in [0.4, 0.5) is 5.82 Å². The number of nitrogens with two attached hydrogens (primary N) is 1. The van der Waals surface area contributed by atoms with Gasteiger partial charge in [0.15, 0.2) is 0 Å². The Balaban J connectivity index is 1.84. The van der Waals surface area contributed by atoms with Gasteiger partial charge in [0.25, 0.3) is 0 Å². The maximum Gasteiger partial charge on any atom is 0.145 e. The van der Waals surface area contributed by atoms with E-state index in [-0.39, 0.29) is 22.6 Å². The number of nitrogen functional groups attached to an aromatic ring is 1. The quantitative estimate of drug-likeness (QED) is 0.524. The molecule has 2 aromatic heterocycles. The van der Waals surface area contributed by atoms with Crippen molar-refractivity contribution in [3.8, 4) is 29.1 Å². The minimum Gasteiger partial charge on any atom is -0.382 e. The van der Waals surface area contributed by atoms with E-state index >= 15 is 0 Å². The summed E-state index contributed by atoms with van der Waals surface area (Å²) in [6.45, 7) is 0. The monoisotopic (exact) mass is 377 g/mol. The Labute approximate surface area is 167 Å². The SMILES string of the molecule is N#C/C(=C\c1cn[nH]c1-c1ccccc1)c1nn(-c2ccccc2)c(N)c1C#N. The number of aromatic amines is 1. The van der Waals surface area contributed by atoms with E-state index in [0.29, 0.717) is 11.3 Å². The summed E-state index contributed by atoms with van der Waals surface area (Å²) in [5, 5.41) is 30.9. The Morgan fingerprint density at radius 2 is 1.72 bits per heavy atom. The molecule has 0 amide bonds. The fourth-order valence-corrected chi connectivity index (χ4v) is 3.05. The number of benzene rings is 2. The van der Waals surface area contributed by atoms with Crippen molar-refractivity contribution < 1.29 is 0 Å². The molecule has 7 heteroatoms. The summed E-state index contributed by atoms with van der Waals surface area (Å²) >= 11 is 0. The molecule has 4 aromatic rings. The number of nitrogens with one attached hydrogen (secondary N) is 1. The summed E-state index contributed by atoms with van der Waals surface area (Å²) in [4.78, 5) is 0. The number of rotatable bonds is 4. The molecule has 2 heterocycles. The van der Waals surface area contributed by atoms with Crippen molar-refractivity contribution in [2.45, 2.75) is 0 Å². The van der Waals surface area contributed by atoms with Gasteiger partial charge in [-0.15, -0.1) is 0 Å². The van der Waals surface area contributed by atoms with E-state index in [1.54, 1.807) is 12.3 Å². The molecule has 0 atom stereocenters. The van der Waals surface area contributed by atoms with Crippen LogP contribution in [0.3, 0.4) is 0 Å². The molecule has 3 N–H and O–H groups in total. The molecule has 7 nitrogen and oxygen atoms in total. The molecule has 0 unspecified atom stereocenters. The summed E-state index contributed by atoms with van der Waals surface area (Å²) < 4.78 is 1.46. The number of hydrogen-bond acceptors (Lipinski definition) is 5. The van der Waals surface area contributed by atoms with Crippen LogP contribution in [0, 0.1) is 22.7 Å². The van der Waals surface area contributed by atoms with Crippen LogP contribution in [-0.2, 0) is 0 Å². The Bertz CT molecular complexity index is 1270. The van der Waals surface area contributed by atoms with E-state index < -0.39 is 0 Å². The van der Waals surface area contributed by atoms with E-state index in [4.69, 9.17) is 5.73 Å². The number of para-hydroxylation sites is 1. The molecule has 2 aromatic carbocycles. The highest BCUT2D eigenvalue weighted by atomic mass is 15.3. The van der Waals surface area contributed by atoms with Gasteiger partial charge < -0.3 is 5.73 Å². The van der Waals surface area contributed by atoms with Crippen molar-refractivity contribution in [1.82, 2.24) is 20.0 Å². The molecule has 138 valence electrons. The van der Waals surface area contributed by atoms with Gasteiger partial charge >= 0.3 is 0 Å². The summed E-state index contributed by atoms with van der Waals surface area (Å²) in [5.41, 5.74) is 9.90. The maximum absolute atomic E-state index is 9.78. The third-order valence-corrected chi connectivity index (χ3v) is 4.44. The van der Waals surface area contributed by atoms with Gasteiger partial charge in [-0.1, -0.05) is 48.5 Å². The topological polar surface area (TPSA) is 120 Å². The Kier molecular flexibility index (Phi) is 4.63. The Morgan fingerprint density at radius 1 is 1.03 bits per heavy atom. The fraction of sp³-hybridized carbons (Fsp3) is 0. The smallest absolute Gasteiger partial charge is 0.145 e. The number of allylic oxidation sites excluding steroid dienone is 1. The number of nitrogens with zero attached hydrogens (tertiary/aromatic N) is 5. The van der Waals surface area contributed by atoms with Gasteiger partial charge in [0.05, 0.1) is 23.2 Å². The number of nitriles is 2. The average molecular weight is 377 g/mol. The van der Waals surface area contributed by atoms with E-state index in [9.17, 15) is 10.5 Å². The number of anilines is 1. The van der Waals surface area contributed by atoms with E-state index in [1.807, 2.05) is 60.7 Å². The molecule has 0 aliphatic heterocycles. The number of aromatic nitrogens is 4. The van der Waals surface area contributed by atoms with Gasteiger partial charge in [-0.25, -0.2) is 4.68 Å². The standard InChI is InChI=1S/C22H15N7/c23-12-16(11-17-14-26-27-20(17)15-7-3-1-4-8-15)21-19(13-24)22(25)29(28-21)18-9-5-2-6-10-18/h1-11,14H,25H2,(H,26,27)/b16-11+. The van der Waals surface area contributed by atoms with Gasteiger partial charge in [0, 0.05) is 11.1 Å². The summed E-state index contributed by atoms with van der Waals surface area (Å²) in [6.07, 6.45) is 3.28. The third kappa shape index (κ3) is 3.25.